The van der Waals surface area contributed by atoms with Gasteiger partial charge in [0, 0.05) is 11.0 Å². The van der Waals surface area contributed by atoms with Crippen molar-refractivity contribution in [2.24, 2.45) is 5.16 Å². The molecule has 38 heavy (non-hydrogen) atoms. The van der Waals surface area contributed by atoms with Gasteiger partial charge in [0.1, 0.15) is 25.3 Å². The number of nitrogens with one attached hydrogen (secondary N) is 2. The zero-order valence-corrected chi connectivity index (χ0v) is 22.0. The minimum absolute atomic E-state index is 0.0867. The molecule has 3 aromatic rings. The number of thiazole rings is 1. The zero-order valence-electron chi connectivity index (χ0n) is 19.6. The number of amides is 2. The van der Waals surface area contributed by atoms with Crippen molar-refractivity contribution in [2.75, 3.05) is 12.8 Å². The summed E-state index contributed by atoms with van der Waals surface area (Å²) in [5, 5.41) is 25.9. The van der Waals surface area contributed by atoms with E-state index in [9.17, 15) is 19.5 Å². The first-order valence-electron chi connectivity index (χ1n) is 11.0. The second kappa shape index (κ2) is 10.5. The number of benzene rings is 1. The van der Waals surface area contributed by atoms with E-state index in [1.165, 1.54) is 41.9 Å². The standard InChI is InChI=1S/C22H20N8O5S3/c1-35-26-8-13(31)28-22(12-9-36-20(23)27-12)16(17(19(33)34)30-14(32)7-15(30)38-22)18(11-5-3-2-4-6-11)37-21-24-10-25-29-21/h2-6,8-10,15,18H,7H2,1H3,(H2,23,27)(H,28,31)(H,33,34)(H,24,25,29)/t15-,18?,22?/m0/s1. The maximum absolute atomic E-state index is 13.1. The van der Waals surface area contributed by atoms with Gasteiger partial charge in [-0.3, -0.25) is 14.5 Å². The number of carbonyl (C=O) groups is 3. The minimum Gasteiger partial charge on any atom is -0.477 e. The molecule has 5 rings (SSSR count). The summed E-state index contributed by atoms with van der Waals surface area (Å²) < 4.78 is 0. The van der Waals surface area contributed by atoms with Crippen LogP contribution in [0.15, 0.2) is 63.6 Å². The van der Waals surface area contributed by atoms with Crippen molar-refractivity contribution in [3.8, 4) is 0 Å². The Balaban J connectivity index is 1.81. The van der Waals surface area contributed by atoms with E-state index < -0.39 is 27.4 Å². The summed E-state index contributed by atoms with van der Waals surface area (Å²) in [6, 6.07) is 9.09. The van der Waals surface area contributed by atoms with Crippen LogP contribution in [0.1, 0.15) is 22.9 Å². The van der Waals surface area contributed by atoms with Crippen LogP contribution in [0.3, 0.4) is 0 Å². The maximum Gasteiger partial charge on any atom is 0.352 e. The second-order valence-electron chi connectivity index (χ2n) is 7.97. The molecule has 3 atom stereocenters. The second-order valence-corrected chi connectivity index (χ2v) is 11.3. The highest BCUT2D eigenvalue weighted by Gasteiger charge is 2.59. The molecule has 2 aliphatic heterocycles. The maximum atomic E-state index is 13.1. The van der Waals surface area contributed by atoms with E-state index in [2.05, 4.69) is 35.5 Å². The lowest BCUT2D eigenvalue weighted by atomic mass is 9.91. The Bertz CT molecular complexity index is 1430. The van der Waals surface area contributed by atoms with Crippen LogP contribution >= 0.6 is 34.9 Å². The number of nitrogens with zero attached hydrogens (tertiary/aromatic N) is 5. The van der Waals surface area contributed by atoms with Crippen molar-refractivity contribution in [3.05, 3.63) is 64.6 Å². The molecule has 0 bridgehead atoms. The number of aromatic amines is 1. The molecule has 16 heteroatoms. The van der Waals surface area contributed by atoms with Crippen molar-refractivity contribution in [3.63, 3.8) is 0 Å². The van der Waals surface area contributed by atoms with Crippen LogP contribution in [-0.2, 0) is 24.1 Å². The lowest BCUT2D eigenvalue weighted by Crippen LogP contribution is -2.61. The first-order chi connectivity index (χ1) is 18.3. The van der Waals surface area contributed by atoms with E-state index in [-0.39, 0.29) is 28.7 Å². The molecular weight excluding hydrogens is 552 g/mol. The van der Waals surface area contributed by atoms with Gasteiger partial charge in [-0.1, -0.05) is 59.0 Å². The number of H-pyrrole nitrogens is 1. The number of nitrogen functional groups attached to an aromatic ring is 1. The van der Waals surface area contributed by atoms with Gasteiger partial charge in [0.05, 0.1) is 22.7 Å². The fourth-order valence-corrected chi connectivity index (χ4v) is 7.83. The smallest absolute Gasteiger partial charge is 0.352 e. The number of β-lactam (4-membered cyclic amide) rings is 1. The highest BCUT2D eigenvalue weighted by atomic mass is 32.2. The van der Waals surface area contributed by atoms with Gasteiger partial charge in [0.15, 0.2) is 15.2 Å². The summed E-state index contributed by atoms with van der Waals surface area (Å²) in [6.07, 6.45) is 2.43. The fraction of sp³-hybridized carbons (Fsp3) is 0.227. The Morgan fingerprint density at radius 3 is 2.82 bits per heavy atom. The van der Waals surface area contributed by atoms with Crippen LogP contribution in [-0.4, -0.2) is 66.7 Å². The third-order valence-corrected chi connectivity index (χ3v) is 9.12. The van der Waals surface area contributed by atoms with E-state index in [1.54, 1.807) is 5.38 Å². The van der Waals surface area contributed by atoms with Crippen molar-refractivity contribution < 1.29 is 24.3 Å². The van der Waals surface area contributed by atoms with Crippen molar-refractivity contribution in [1.29, 1.82) is 0 Å². The average Bonchev–Trinajstić information content (AvgIpc) is 3.58. The molecular formula is C22H20N8O5S3. The molecule has 4 heterocycles. The van der Waals surface area contributed by atoms with E-state index in [4.69, 9.17) is 5.73 Å². The molecule has 2 unspecified atom stereocenters. The SMILES string of the molecule is CON=CC(=O)NC1(c2csc(N)n2)S[C@H]2CC(=O)N2C(C(=O)O)=C1C(Sc1nnc[nH]1)c1ccccc1. The number of aliphatic carboxylic acids is 1. The largest absolute Gasteiger partial charge is 0.477 e. The Labute approximate surface area is 227 Å². The number of hydrogen-bond donors (Lipinski definition) is 4. The Kier molecular flexibility index (Phi) is 7.09. The van der Waals surface area contributed by atoms with E-state index in [0.717, 1.165) is 17.6 Å². The first kappa shape index (κ1) is 25.7. The predicted octanol–water partition coefficient (Wildman–Crippen LogP) is 1.92. The fourth-order valence-electron chi connectivity index (χ4n) is 4.24. The Hall–Kier alpha value is -3.89. The van der Waals surface area contributed by atoms with Gasteiger partial charge in [-0.05, 0) is 5.56 Å². The van der Waals surface area contributed by atoms with Crippen LogP contribution in [0.25, 0.3) is 0 Å². The van der Waals surface area contributed by atoms with Crippen LogP contribution in [0.2, 0.25) is 0 Å². The molecule has 196 valence electrons. The van der Waals surface area contributed by atoms with E-state index >= 15 is 0 Å². The normalized spacial score (nSPS) is 21.7. The van der Waals surface area contributed by atoms with Crippen LogP contribution < -0.4 is 11.1 Å². The monoisotopic (exact) mass is 572 g/mol. The molecule has 5 N–H and O–H groups in total. The van der Waals surface area contributed by atoms with Crippen molar-refractivity contribution >= 4 is 64.0 Å². The molecule has 0 spiro atoms. The predicted molar refractivity (Wildman–Crippen MR) is 141 cm³/mol. The minimum atomic E-state index is -1.55. The van der Waals surface area contributed by atoms with Gasteiger partial charge >= 0.3 is 5.97 Å². The lowest BCUT2D eigenvalue weighted by Gasteiger charge is -2.52. The number of anilines is 1. The Morgan fingerprint density at radius 1 is 1.42 bits per heavy atom. The van der Waals surface area contributed by atoms with Gasteiger partial charge in [0.2, 0.25) is 5.91 Å². The van der Waals surface area contributed by atoms with Crippen molar-refractivity contribution in [1.82, 2.24) is 30.4 Å². The lowest BCUT2D eigenvalue weighted by molar-refractivity contribution is -0.146. The molecule has 2 aromatic heterocycles. The molecule has 1 saturated heterocycles. The van der Waals surface area contributed by atoms with Gasteiger partial charge in [-0.15, -0.1) is 21.5 Å². The number of carboxylic acid groups (broad SMARTS) is 1. The third kappa shape index (κ3) is 4.61. The molecule has 2 amide bonds. The number of aromatic nitrogens is 4. The summed E-state index contributed by atoms with van der Waals surface area (Å²) in [7, 11) is 1.29. The van der Waals surface area contributed by atoms with Crippen LogP contribution in [0, 0.1) is 0 Å². The number of hydrogen-bond acceptors (Lipinski definition) is 12. The summed E-state index contributed by atoms with van der Waals surface area (Å²) in [6.45, 7) is 0. The molecule has 2 aliphatic rings. The molecule has 13 nitrogen and oxygen atoms in total. The molecule has 0 saturated carbocycles. The summed E-state index contributed by atoms with van der Waals surface area (Å²) >= 11 is 3.54. The zero-order chi connectivity index (χ0) is 26.9. The van der Waals surface area contributed by atoms with E-state index in [0.29, 0.717) is 16.4 Å². The summed E-state index contributed by atoms with van der Waals surface area (Å²) in [4.78, 5) is 50.5. The quantitative estimate of drug-likeness (QED) is 0.127. The highest BCUT2D eigenvalue weighted by Crippen LogP contribution is 2.60. The number of rotatable bonds is 9. The van der Waals surface area contributed by atoms with Crippen LogP contribution in [0.4, 0.5) is 5.13 Å². The van der Waals surface area contributed by atoms with Gasteiger partial charge in [-0.2, -0.15) is 0 Å². The number of fused-ring (bicyclic) bond motifs is 1. The van der Waals surface area contributed by atoms with Gasteiger partial charge in [0.25, 0.3) is 5.91 Å². The number of carbonyl (C=O) groups excluding carboxylic acids is 2. The summed E-state index contributed by atoms with van der Waals surface area (Å²) in [5.74, 6) is -2.33. The average molecular weight is 573 g/mol. The number of thioether (sulfide) groups is 2. The molecule has 0 radical (unpaired) electrons. The first-order valence-corrected chi connectivity index (χ1v) is 13.6. The number of nitrogens with two attached hydrogens (primary N) is 1. The summed E-state index contributed by atoms with van der Waals surface area (Å²) in [5.41, 5.74) is 6.97. The number of oxime groups is 1. The van der Waals surface area contributed by atoms with E-state index in [1.807, 2.05) is 30.3 Å². The topological polar surface area (TPSA) is 189 Å². The number of carboxylic acids is 1. The third-order valence-electron chi connectivity index (χ3n) is 5.74. The molecule has 1 fully saturated rings. The van der Waals surface area contributed by atoms with Crippen LogP contribution in [0.5, 0.6) is 0 Å². The highest BCUT2D eigenvalue weighted by molar-refractivity contribution is 8.01. The molecule has 0 aliphatic carbocycles. The molecule has 1 aromatic carbocycles. The Morgan fingerprint density at radius 2 is 2.21 bits per heavy atom. The van der Waals surface area contributed by atoms with Crippen molar-refractivity contribution in [2.45, 2.75) is 27.1 Å². The van der Waals surface area contributed by atoms with Gasteiger partial charge in [-0.25, -0.2) is 9.78 Å². The van der Waals surface area contributed by atoms with Gasteiger partial charge < -0.3 is 26.0 Å².